The van der Waals surface area contributed by atoms with E-state index in [1.165, 1.54) is 12.2 Å². The van der Waals surface area contributed by atoms with Crippen LogP contribution in [0.1, 0.15) is 0 Å². The van der Waals surface area contributed by atoms with Crippen LogP contribution in [0.15, 0.2) is 59.8 Å². The van der Waals surface area contributed by atoms with Gasteiger partial charge in [-0.15, -0.1) is 0 Å². The second-order valence-corrected chi connectivity index (χ2v) is 3.82. The lowest BCUT2D eigenvalue weighted by Crippen LogP contribution is -1.98. The molecule has 0 atom stereocenters. The number of rotatable bonds is 1. The Morgan fingerprint density at radius 3 is 2.44 bits per heavy atom. The van der Waals surface area contributed by atoms with Crippen molar-refractivity contribution >= 4 is 28.3 Å². The van der Waals surface area contributed by atoms with E-state index in [0.29, 0.717) is 11.5 Å². The summed E-state index contributed by atoms with van der Waals surface area (Å²) in [6.07, 6.45) is 7.91. The maximum atomic E-state index is 11.0. The van der Waals surface area contributed by atoms with Gasteiger partial charge >= 0.3 is 0 Å². The standard InChI is InChI=1S/C14H9N3O/c18-11-7-5-10(6-8-11)16-14-9-15-12-3-1-2-4-13(12)17-14/h1-9H. The van der Waals surface area contributed by atoms with Gasteiger partial charge in [-0.25, -0.2) is 9.98 Å². The number of nitrogens with zero attached hydrogens (tertiary/aromatic N) is 3. The van der Waals surface area contributed by atoms with E-state index in [2.05, 4.69) is 15.0 Å². The highest BCUT2D eigenvalue weighted by Gasteiger charge is 2.02. The minimum Gasteiger partial charge on any atom is -0.290 e. The van der Waals surface area contributed by atoms with Gasteiger partial charge in [0.2, 0.25) is 0 Å². The van der Waals surface area contributed by atoms with Crippen LogP contribution in [0, 0.1) is 0 Å². The maximum absolute atomic E-state index is 11.0. The molecule has 4 heteroatoms. The molecule has 0 bridgehead atoms. The number of hydrogen-bond acceptors (Lipinski definition) is 4. The fourth-order valence-electron chi connectivity index (χ4n) is 1.65. The smallest absolute Gasteiger partial charge is 0.178 e. The third kappa shape index (κ3) is 2.08. The zero-order chi connectivity index (χ0) is 12.4. The molecule has 1 heterocycles. The fourth-order valence-corrected chi connectivity index (χ4v) is 1.65. The van der Waals surface area contributed by atoms with Crippen LogP contribution < -0.4 is 0 Å². The molecule has 0 N–H and O–H groups in total. The largest absolute Gasteiger partial charge is 0.290 e. The van der Waals surface area contributed by atoms with Gasteiger partial charge in [-0.2, -0.15) is 0 Å². The number of aromatic nitrogens is 2. The molecule has 0 saturated carbocycles. The Morgan fingerprint density at radius 1 is 0.944 bits per heavy atom. The molecule has 0 unspecified atom stereocenters. The first-order valence-electron chi connectivity index (χ1n) is 5.52. The van der Waals surface area contributed by atoms with Gasteiger partial charge in [-0.3, -0.25) is 9.78 Å². The third-order valence-corrected chi connectivity index (χ3v) is 2.52. The molecule has 0 spiro atoms. The topological polar surface area (TPSA) is 55.2 Å². The summed E-state index contributed by atoms with van der Waals surface area (Å²) in [6, 6.07) is 7.62. The zero-order valence-electron chi connectivity index (χ0n) is 9.45. The van der Waals surface area contributed by atoms with Gasteiger partial charge in [0.1, 0.15) is 0 Å². The summed E-state index contributed by atoms with van der Waals surface area (Å²) in [6.45, 7) is 0. The Balaban J connectivity index is 2.00. The molecule has 1 aromatic heterocycles. The Hall–Kier alpha value is -2.62. The number of allylic oxidation sites excluding steroid dienone is 4. The lowest BCUT2D eigenvalue weighted by Gasteiger charge is -2.00. The predicted octanol–water partition coefficient (Wildman–Crippen LogP) is 2.40. The van der Waals surface area contributed by atoms with Crippen LogP contribution in [0.5, 0.6) is 0 Å². The Kier molecular flexibility index (Phi) is 2.53. The molecule has 1 aromatic carbocycles. The molecule has 1 aliphatic rings. The number of para-hydroxylation sites is 2. The number of hydrogen-bond donors (Lipinski definition) is 0. The molecule has 0 saturated heterocycles. The third-order valence-electron chi connectivity index (χ3n) is 2.52. The summed E-state index contributed by atoms with van der Waals surface area (Å²) in [7, 11) is 0. The molecule has 1 aliphatic carbocycles. The van der Waals surface area contributed by atoms with E-state index >= 15 is 0 Å². The number of benzene rings is 1. The predicted molar refractivity (Wildman–Crippen MR) is 69.9 cm³/mol. The molecule has 0 aliphatic heterocycles. The van der Waals surface area contributed by atoms with Crippen LogP contribution >= 0.6 is 0 Å². The Labute approximate surface area is 103 Å². The van der Waals surface area contributed by atoms with Crippen LogP contribution in [0.3, 0.4) is 0 Å². The van der Waals surface area contributed by atoms with Gasteiger partial charge in [0.05, 0.1) is 22.9 Å². The second-order valence-electron chi connectivity index (χ2n) is 3.82. The van der Waals surface area contributed by atoms with Crippen LogP contribution in [-0.4, -0.2) is 21.5 Å². The summed E-state index contributed by atoms with van der Waals surface area (Å²) in [5.74, 6) is 0.505. The summed E-state index contributed by atoms with van der Waals surface area (Å²) >= 11 is 0. The zero-order valence-corrected chi connectivity index (χ0v) is 9.45. The number of fused-ring (bicyclic) bond motifs is 1. The van der Waals surface area contributed by atoms with Gasteiger partial charge in [0, 0.05) is 0 Å². The lowest BCUT2D eigenvalue weighted by atomic mass is 10.2. The van der Waals surface area contributed by atoms with Crippen LogP contribution in [0.4, 0.5) is 5.82 Å². The lowest BCUT2D eigenvalue weighted by molar-refractivity contribution is -0.110. The van der Waals surface area contributed by atoms with E-state index in [-0.39, 0.29) is 5.78 Å². The van der Waals surface area contributed by atoms with E-state index in [4.69, 9.17) is 0 Å². The normalized spacial score (nSPS) is 14.2. The molecule has 86 valence electrons. The van der Waals surface area contributed by atoms with Crippen molar-refractivity contribution in [2.75, 3.05) is 0 Å². The van der Waals surface area contributed by atoms with Gasteiger partial charge < -0.3 is 0 Å². The first kappa shape index (κ1) is 10.5. The summed E-state index contributed by atoms with van der Waals surface area (Å²) in [5, 5.41) is 0. The van der Waals surface area contributed by atoms with E-state index in [1.54, 1.807) is 18.3 Å². The Morgan fingerprint density at radius 2 is 1.67 bits per heavy atom. The Bertz CT molecular complexity index is 696. The molecule has 18 heavy (non-hydrogen) atoms. The van der Waals surface area contributed by atoms with Crippen molar-refractivity contribution in [1.29, 1.82) is 0 Å². The quantitative estimate of drug-likeness (QED) is 0.713. The molecule has 4 nitrogen and oxygen atoms in total. The van der Waals surface area contributed by atoms with Crippen LogP contribution in [0.2, 0.25) is 0 Å². The van der Waals surface area contributed by atoms with E-state index in [9.17, 15) is 4.79 Å². The SMILES string of the molecule is O=C1C=CC(=Nc2cnc3ccccc3n2)C=C1. The van der Waals surface area contributed by atoms with Crippen molar-refractivity contribution < 1.29 is 4.79 Å². The second kappa shape index (κ2) is 4.33. The van der Waals surface area contributed by atoms with Gasteiger partial charge in [-0.1, -0.05) is 12.1 Å². The van der Waals surface area contributed by atoms with Crippen molar-refractivity contribution in [3.05, 3.63) is 54.8 Å². The van der Waals surface area contributed by atoms with E-state index in [0.717, 1.165) is 11.0 Å². The van der Waals surface area contributed by atoms with Crippen molar-refractivity contribution in [2.45, 2.75) is 0 Å². The minimum absolute atomic E-state index is 0.0291. The van der Waals surface area contributed by atoms with Crippen molar-refractivity contribution in [1.82, 2.24) is 9.97 Å². The van der Waals surface area contributed by atoms with Crippen molar-refractivity contribution in [3.63, 3.8) is 0 Å². The molecule has 0 amide bonds. The van der Waals surface area contributed by atoms with Gasteiger partial charge in [0.25, 0.3) is 0 Å². The molecule has 0 fully saturated rings. The number of carbonyl (C=O) groups is 1. The van der Waals surface area contributed by atoms with Crippen molar-refractivity contribution in [2.24, 2.45) is 4.99 Å². The summed E-state index contributed by atoms with van der Waals surface area (Å²) in [4.78, 5) is 24.0. The molecule has 0 radical (unpaired) electrons. The number of aliphatic imine (C=N–C) groups is 1. The van der Waals surface area contributed by atoms with E-state index in [1.807, 2.05) is 24.3 Å². The summed E-state index contributed by atoms with van der Waals surface area (Å²) in [5.41, 5.74) is 2.34. The average Bonchev–Trinajstić information content (AvgIpc) is 2.41. The van der Waals surface area contributed by atoms with Crippen LogP contribution in [-0.2, 0) is 4.79 Å². The first-order valence-corrected chi connectivity index (χ1v) is 5.52. The fraction of sp³-hybridized carbons (Fsp3) is 0. The minimum atomic E-state index is -0.0291. The van der Waals surface area contributed by atoms with E-state index < -0.39 is 0 Å². The van der Waals surface area contributed by atoms with Crippen molar-refractivity contribution in [3.8, 4) is 0 Å². The molecular weight excluding hydrogens is 226 g/mol. The number of ketones is 1. The highest BCUT2D eigenvalue weighted by atomic mass is 16.1. The van der Waals surface area contributed by atoms with Gasteiger partial charge in [-0.05, 0) is 36.4 Å². The maximum Gasteiger partial charge on any atom is 0.178 e. The van der Waals surface area contributed by atoms with Gasteiger partial charge in [0.15, 0.2) is 11.6 Å². The summed E-state index contributed by atoms with van der Waals surface area (Å²) < 4.78 is 0. The highest BCUT2D eigenvalue weighted by Crippen LogP contribution is 2.14. The van der Waals surface area contributed by atoms with Crippen LogP contribution in [0.25, 0.3) is 11.0 Å². The number of carbonyl (C=O) groups excluding carboxylic acids is 1. The molecule has 3 rings (SSSR count). The monoisotopic (exact) mass is 235 g/mol. The molecular formula is C14H9N3O. The molecule has 2 aromatic rings. The highest BCUT2D eigenvalue weighted by molar-refractivity contribution is 6.17. The average molecular weight is 235 g/mol. The first-order chi connectivity index (χ1) is 8.81.